The van der Waals surface area contributed by atoms with Crippen LogP contribution in [0.2, 0.25) is 5.02 Å². The second-order valence-electron chi connectivity index (χ2n) is 8.09. The fourth-order valence-corrected chi connectivity index (χ4v) is 5.65. The zero-order chi connectivity index (χ0) is 21.9. The number of fused-ring (bicyclic) bond motifs is 1. The minimum atomic E-state index is -0.320. The van der Waals surface area contributed by atoms with Gasteiger partial charge in [-0.05, 0) is 60.0 Å². The van der Waals surface area contributed by atoms with Crippen molar-refractivity contribution in [3.05, 3.63) is 70.8 Å². The summed E-state index contributed by atoms with van der Waals surface area (Å²) in [5.41, 5.74) is 5.76. The Bertz CT molecular complexity index is 1250. The minimum absolute atomic E-state index is 0.320. The van der Waals surface area contributed by atoms with Gasteiger partial charge in [-0.1, -0.05) is 49.1 Å². The lowest BCUT2D eigenvalue weighted by Gasteiger charge is -2.20. The average Bonchev–Trinajstić information content (AvgIpc) is 3.24. The van der Waals surface area contributed by atoms with Crippen molar-refractivity contribution in [3.63, 3.8) is 0 Å². The van der Waals surface area contributed by atoms with Crippen molar-refractivity contribution in [1.82, 2.24) is 9.97 Å². The van der Waals surface area contributed by atoms with Crippen LogP contribution in [0.15, 0.2) is 60.2 Å². The molecule has 2 heterocycles. The van der Waals surface area contributed by atoms with Gasteiger partial charge in [0.15, 0.2) is 0 Å². The summed E-state index contributed by atoms with van der Waals surface area (Å²) in [7, 11) is 0. The Balaban J connectivity index is 1.33. The smallest absolute Gasteiger partial charge is 0.308 e. The average molecular weight is 463 g/mol. The first-order chi connectivity index (χ1) is 15.7. The number of hydrogen-bond acceptors (Lipinski definition) is 4. The number of amides is 2. The fraction of sp³-hybridized carbons (Fsp3) is 0.240. The molecule has 1 aliphatic rings. The third kappa shape index (κ3) is 4.47. The second-order valence-corrected chi connectivity index (χ2v) is 9.41. The predicted molar refractivity (Wildman–Crippen MR) is 133 cm³/mol. The number of carbonyl (C=O) groups is 1. The van der Waals surface area contributed by atoms with Crippen molar-refractivity contribution in [2.75, 3.05) is 10.6 Å². The van der Waals surface area contributed by atoms with Crippen molar-refractivity contribution in [1.29, 1.82) is 0 Å². The highest BCUT2D eigenvalue weighted by atomic mass is 35.5. The van der Waals surface area contributed by atoms with Gasteiger partial charge >= 0.3 is 6.03 Å². The van der Waals surface area contributed by atoms with Crippen LogP contribution in [0.5, 0.6) is 0 Å². The Kier molecular flexibility index (Phi) is 6.06. The highest BCUT2D eigenvalue weighted by Crippen LogP contribution is 2.40. The molecular weight excluding hydrogens is 440 g/mol. The van der Waals surface area contributed by atoms with Gasteiger partial charge in [0.2, 0.25) is 0 Å². The van der Waals surface area contributed by atoms with Crippen LogP contribution in [-0.4, -0.2) is 16.0 Å². The SMILES string of the molecule is O=C(Nc1ccc(-c2ncnc3c(C4CCCCC4)csc23)cc1)Nc1cccc(Cl)c1. The molecule has 4 aromatic rings. The van der Waals surface area contributed by atoms with Gasteiger partial charge in [-0.25, -0.2) is 14.8 Å². The summed E-state index contributed by atoms with van der Waals surface area (Å²) in [6.45, 7) is 0. The van der Waals surface area contributed by atoms with Gasteiger partial charge in [0, 0.05) is 22.0 Å². The number of rotatable bonds is 4. The number of benzene rings is 2. The predicted octanol–water partition coefficient (Wildman–Crippen LogP) is 7.70. The molecule has 0 unspecified atom stereocenters. The summed E-state index contributed by atoms with van der Waals surface area (Å²) in [5, 5.41) is 8.48. The first-order valence-electron chi connectivity index (χ1n) is 10.8. The molecule has 2 amide bonds. The van der Waals surface area contributed by atoms with Gasteiger partial charge in [-0.2, -0.15) is 0 Å². The zero-order valence-electron chi connectivity index (χ0n) is 17.5. The minimum Gasteiger partial charge on any atom is -0.308 e. The number of urea groups is 1. The van der Waals surface area contributed by atoms with Crippen LogP contribution >= 0.6 is 22.9 Å². The molecule has 0 saturated heterocycles. The monoisotopic (exact) mass is 462 g/mol. The van der Waals surface area contributed by atoms with Gasteiger partial charge in [-0.3, -0.25) is 0 Å². The highest BCUT2D eigenvalue weighted by Gasteiger charge is 2.21. The van der Waals surface area contributed by atoms with E-state index in [1.807, 2.05) is 24.3 Å². The molecule has 2 aromatic heterocycles. The van der Waals surface area contributed by atoms with Crippen molar-refractivity contribution in [2.45, 2.75) is 38.0 Å². The molecular formula is C25H23ClN4OS. The van der Waals surface area contributed by atoms with Crippen LogP contribution in [0.3, 0.4) is 0 Å². The number of anilines is 2. The molecule has 0 atom stereocenters. The molecule has 1 fully saturated rings. The van der Waals surface area contributed by atoms with Crippen LogP contribution in [0.4, 0.5) is 16.2 Å². The second kappa shape index (κ2) is 9.27. The number of hydrogen-bond donors (Lipinski definition) is 2. The summed E-state index contributed by atoms with van der Waals surface area (Å²) >= 11 is 7.70. The molecule has 0 spiro atoms. The molecule has 7 heteroatoms. The third-order valence-corrected chi connectivity index (χ3v) is 7.15. The van der Waals surface area contributed by atoms with Gasteiger partial charge in [0.05, 0.1) is 15.9 Å². The van der Waals surface area contributed by atoms with E-state index in [-0.39, 0.29) is 6.03 Å². The number of thiophene rings is 1. The first-order valence-corrected chi connectivity index (χ1v) is 12.1. The molecule has 162 valence electrons. The third-order valence-electron chi connectivity index (χ3n) is 5.92. The topological polar surface area (TPSA) is 66.9 Å². The summed E-state index contributed by atoms with van der Waals surface area (Å²) in [4.78, 5) is 21.5. The highest BCUT2D eigenvalue weighted by molar-refractivity contribution is 7.17. The maximum atomic E-state index is 12.3. The molecule has 5 nitrogen and oxygen atoms in total. The van der Waals surface area contributed by atoms with Crippen molar-refractivity contribution >= 4 is 50.6 Å². The molecule has 1 aliphatic carbocycles. The molecule has 0 radical (unpaired) electrons. The number of halogens is 1. The standard InChI is InChI=1S/C25H23ClN4OS/c26-18-7-4-8-20(13-18)30-25(31)29-19-11-9-17(10-12-19)22-24-23(28-15-27-22)21(14-32-24)16-5-2-1-3-6-16/h4,7-16H,1-3,5-6H2,(H2,29,30,31). The van der Waals surface area contributed by atoms with Crippen molar-refractivity contribution in [2.24, 2.45) is 0 Å². The van der Waals surface area contributed by atoms with Crippen molar-refractivity contribution < 1.29 is 4.79 Å². The van der Waals surface area contributed by atoms with Crippen LogP contribution < -0.4 is 10.6 Å². The Morgan fingerprint density at radius 2 is 1.75 bits per heavy atom. The van der Waals surface area contributed by atoms with Crippen LogP contribution in [0.25, 0.3) is 21.5 Å². The molecule has 0 aliphatic heterocycles. The summed E-state index contributed by atoms with van der Waals surface area (Å²) in [5.74, 6) is 0.616. The van der Waals surface area contributed by atoms with E-state index >= 15 is 0 Å². The summed E-state index contributed by atoms with van der Waals surface area (Å²) < 4.78 is 1.13. The lowest BCUT2D eigenvalue weighted by atomic mass is 9.85. The van der Waals surface area contributed by atoms with Crippen LogP contribution in [0.1, 0.15) is 43.6 Å². The van der Waals surface area contributed by atoms with E-state index in [0.717, 1.165) is 21.5 Å². The van der Waals surface area contributed by atoms with Crippen molar-refractivity contribution in [3.8, 4) is 11.3 Å². The maximum Gasteiger partial charge on any atom is 0.323 e. The van der Waals surface area contributed by atoms with E-state index in [9.17, 15) is 4.79 Å². The Hall–Kier alpha value is -2.96. The quantitative estimate of drug-likeness (QED) is 0.326. The fourth-order valence-electron chi connectivity index (χ4n) is 4.35. The Morgan fingerprint density at radius 3 is 2.53 bits per heavy atom. The summed E-state index contributed by atoms with van der Waals surface area (Å²) in [6.07, 6.45) is 8.13. The van der Waals surface area contributed by atoms with Gasteiger partial charge in [0.1, 0.15) is 6.33 Å². The van der Waals surface area contributed by atoms with Gasteiger partial charge in [0.25, 0.3) is 0 Å². The molecule has 2 aromatic carbocycles. The summed E-state index contributed by atoms with van der Waals surface area (Å²) in [6, 6.07) is 14.5. The van der Waals surface area contributed by atoms with Gasteiger partial charge < -0.3 is 10.6 Å². The molecule has 1 saturated carbocycles. The van der Waals surface area contributed by atoms with E-state index in [4.69, 9.17) is 11.6 Å². The Morgan fingerprint density at radius 1 is 0.969 bits per heavy atom. The van der Waals surface area contributed by atoms with Crippen LogP contribution in [0, 0.1) is 0 Å². The number of nitrogens with one attached hydrogen (secondary N) is 2. The van der Waals surface area contributed by atoms with Gasteiger partial charge in [-0.15, -0.1) is 11.3 Å². The normalized spacial score (nSPS) is 14.4. The zero-order valence-corrected chi connectivity index (χ0v) is 19.0. The first kappa shape index (κ1) is 20.9. The van der Waals surface area contributed by atoms with E-state index in [0.29, 0.717) is 22.3 Å². The molecule has 5 rings (SSSR count). The lowest BCUT2D eigenvalue weighted by molar-refractivity contribution is 0.262. The molecule has 0 bridgehead atoms. The van der Waals surface area contributed by atoms with E-state index in [1.54, 1.807) is 41.9 Å². The van der Waals surface area contributed by atoms with E-state index in [1.165, 1.54) is 37.7 Å². The number of aromatic nitrogens is 2. The largest absolute Gasteiger partial charge is 0.323 e. The number of carbonyl (C=O) groups excluding carboxylic acids is 1. The Labute approximate surface area is 195 Å². The van der Waals surface area contributed by atoms with Crippen LogP contribution in [-0.2, 0) is 0 Å². The molecule has 32 heavy (non-hydrogen) atoms. The lowest BCUT2D eigenvalue weighted by Crippen LogP contribution is -2.19. The molecule has 2 N–H and O–H groups in total. The van der Waals surface area contributed by atoms with E-state index in [2.05, 4.69) is 26.0 Å². The number of nitrogens with zero attached hydrogens (tertiary/aromatic N) is 2. The van der Waals surface area contributed by atoms with E-state index < -0.39 is 0 Å². The maximum absolute atomic E-state index is 12.3.